The van der Waals surface area contributed by atoms with Crippen molar-refractivity contribution >= 4 is 17.4 Å². The fourth-order valence-corrected chi connectivity index (χ4v) is 4.44. The molecule has 1 saturated carbocycles. The van der Waals surface area contributed by atoms with E-state index in [1.54, 1.807) is 0 Å². The molecule has 4 rings (SSSR count). The maximum atomic E-state index is 12.6. The van der Waals surface area contributed by atoms with Crippen molar-refractivity contribution in [2.24, 2.45) is 0 Å². The average molecular weight is 418 g/mol. The Hall–Kier alpha value is -2.54. The first-order chi connectivity index (χ1) is 14.0. The molecule has 2 aromatic heterocycles. The van der Waals surface area contributed by atoms with Gasteiger partial charge in [-0.2, -0.15) is 13.2 Å². The minimum atomic E-state index is -4.40. The predicted molar refractivity (Wildman–Crippen MR) is 109 cm³/mol. The second-order valence-electron chi connectivity index (χ2n) is 7.14. The second kappa shape index (κ2) is 8.45. The van der Waals surface area contributed by atoms with E-state index in [4.69, 9.17) is 4.74 Å². The third-order valence-electron chi connectivity index (χ3n) is 5.12. The van der Waals surface area contributed by atoms with Gasteiger partial charge in [0.2, 0.25) is 5.88 Å². The average Bonchev–Trinajstić information content (AvgIpc) is 3.16. The van der Waals surface area contributed by atoms with Gasteiger partial charge in [-0.1, -0.05) is 29.1 Å². The molecule has 3 nitrogen and oxygen atoms in total. The number of hydrogen-bond acceptors (Lipinski definition) is 4. The smallest absolute Gasteiger partial charge is 0.417 e. The van der Waals surface area contributed by atoms with Crippen LogP contribution in [0.15, 0.2) is 60.5 Å². The van der Waals surface area contributed by atoms with Gasteiger partial charge in [0.15, 0.2) is 5.06 Å². The molecule has 7 heteroatoms. The molecule has 0 bridgehead atoms. The molecule has 3 heterocycles. The van der Waals surface area contributed by atoms with Crippen molar-refractivity contribution in [3.8, 4) is 10.9 Å². The highest BCUT2D eigenvalue weighted by Gasteiger charge is 2.30. The van der Waals surface area contributed by atoms with E-state index in [0.717, 1.165) is 49.4 Å². The third kappa shape index (κ3) is 5.09. The first-order valence-electron chi connectivity index (χ1n) is 9.57. The van der Waals surface area contributed by atoms with Crippen molar-refractivity contribution in [2.45, 2.75) is 37.9 Å². The first kappa shape index (κ1) is 19.8. The topological polar surface area (TPSA) is 25.4 Å². The number of alkyl halides is 3. The molecule has 29 heavy (non-hydrogen) atoms. The number of thiophene rings is 1. The van der Waals surface area contributed by atoms with Crippen molar-refractivity contribution in [3.05, 3.63) is 70.9 Å². The Morgan fingerprint density at radius 1 is 1.10 bits per heavy atom. The summed E-state index contributed by atoms with van der Waals surface area (Å²) in [5.74, 6) is 0.156. The quantitative estimate of drug-likeness (QED) is 0.555. The molecule has 0 saturated heterocycles. The molecule has 1 aliphatic heterocycles. The summed E-state index contributed by atoms with van der Waals surface area (Å²) in [6.07, 6.45) is 11.6. The Morgan fingerprint density at radius 2 is 1.93 bits per heavy atom. The normalized spacial score (nSPS) is 19.5. The lowest BCUT2D eigenvalue weighted by Crippen LogP contribution is -2.33. The van der Waals surface area contributed by atoms with Crippen LogP contribution >= 0.6 is 11.3 Å². The molecule has 0 aromatic carbocycles. The van der Waals surface area contributed by atoms with Gasteiger partial charge in [0.25, 0.3) is 0 Å². The molecule has 1 fully saturated rings. The number of ether oxygens (including phenoxy) is 1. The molecule has 0 radical (unpaired) electrons. The van der Waals surface area contributed by atoms with Crippen LogP contribution in [-0.4, -0.2) is 22.5 Å². The zero-order valence-electron chi connectivity index (χ0n) is 15.7. The van der Waals surface area contributed by atoms with Crippen LogP contribution in [-0.2, 0) is 6.18 Å². The SMILES string of the molecule is FC(F)(F)c1ccc(Oc2ccc(C=C3CCC(N4C=CC=CC4)CC3)s2)nc1. The number of pyridine rings is 1. The maximum Gasteiger partial charge on any atom is 0.417 e. The summed E-state index contributed by atoms with van der Waals surface area (Å²) in [5, 5.41) is 0.614. The van der Waals surface area contributed by atoms with Gasteiger partial charge >= 0.3 is 6.18 Å². The van der Waals surface area contributed by atoms with E-state index in [0.29, 0.717) is 11.1 Å². The van der Waals surface area contributed by atoms with E-state index >= 15 is 0 Å². The van der Waals surface area contributed by atoms with Crippen LogP contribution in [0.4, 0.5) is 13.2 Å². The summed E-state index contributed by atoms with van der Waals surface area (Å²) in [6, 6.07) is 6.62. The molecule has 2 aromatic rings. The van der Waals surface area contributed by atoms with Gasteiger partial charge in [-0.05, 0) is 62.2 Å². The van der Waals surface area contributed by atoms with Gasteiger partial charge in [0.1, 0.15) is 0 Å². The highest BCUT2D eigenvalue weighted by Crippen LogP contribution is 2.34. The molecular formula is C22H21F3N2OS. The fourth-order valence-electron chi connectivity index (χ4n) is 3.58. The van der Waals surface area contributed by atoms with Gasteiger partial charge in [-0.3, -0.25) is 0 Å². The van der Waals surface area contributed by atoms with E-state index in [2.05, 4.69) is 40.4 Å². The number of nitrogens with zero attached hydrogens (tertiary/aromatic N) is 2. The van der Waals surface area contributed by atoms with Crippen LogP contribution in [0.1, 0.15) is 36.1 Å². The lowest BCUT2D eigenvalue weighted by Gasteiger charge is -2.34. The summed E-state index contributed by atoms with van der Waals surface area (Å²) in [7, 11) is 0. The summed E-state index contributed by atoms with van der Waals surface area (Å²) >= 11 is 1.47. The van der Waals surface area contributed by atoms with Crippen LogP contribution < -0.4 is 4.74 Å². The Morgan fingerprint density at radius 3 is 2.59 bits per heavy atom. The number of rotatable bonds is 4. The minimum Gasteiger partial charge on any atom is -0.428 e. The van der Waals surface area contributed by atoms with Crippen LogP contribution in [0.3, 0.4) is 0 Å². The Kier molecular flexibility index (Phi) is 5.76. The van der Waals surface area contributed by atoms with Crippen molar-refractivity contribution in [3.63, 3.8) is 0 Å². The predicted octanol–water partition coefficient (Wildman–Crippen LogP) is 6.67. The fraction of sp³-hybridized carbons (Fsp3) is 0.318. The van der Waals surface area contributed by atoms with Crippen LogP contribution in [0.2, 0.25) is 0 Å². The van der Waals surface area contributed by atoms with Crippen molar-refractivity contribution < 1.29 is 17.9 Å². The monoisotopic (exact) mass is 418 g/mol. The Balaban J connectivity index is 1.33. The lowest BCUT2D eigenvalue weighted by atomic mass is 9.89. The number of allylic oxidation sites excluding steroid dienone is 3. The van der Waals surface area contributed by atoms with Gasteiger partial charge < -0.3 is 9.64 Å². The minimum absolute atomic E-state index is 0.156. The van der Waals surface area contributed by atoms with E-state index < -0.39 is 11.7 Å². The highest BCUT2D eigenvalue weighted by molar-refractivity contribution is 7.14. The molecule has 0 unspecified atom stereocenters. The van der Waals surface area contributed by atoms with Gasteiger partial charge in [-0.25, -0.2) is 4.98 Å². The maximum absolute atomic E-state index is 12.6. The molecule has 0 N–H and O–H groups in total. The highest BCUT2D eigenvalue weighted by atomic mass is 32.1. The zero-order valence-corrected chi connectivity index (χ0v) is 16.5. The summed E-state index contributed by atoms with van der Waals surface area (Å²) < 4.78 is 43.4. The standard InChI is InChI=1S/C22H21F3N2OS/c23-22(24,25)17-6-10-20(26-15-17)28-21-11-9-19(29-21)14-16-4-7-18(8-5-16)27-12-2-1-3-13-27/h1-3,6,9-12,14-15,18H,4-5,7-8,13H2. The van der Waals surface area contributed by atoms with Crippen LogP contribution in [0.25, 0.3) is 6.08 Å². The molecule has 152 valence electrons. The lowest BCUT2D eigenvalue weighted by molar-refractivity contribution is -0.137. The van der Waals surface area contributed by atoms with Crippen LogP contribution in [0, 0.1) is 0 Å². The van der Waals surface area contributed by atoms with Crippen molar-refractivity contribution in [1.29, 1.82) is 0 Å². The van der Waals surface area contributed by atoms with Gasteiger partial charge in [0.05, 0.1) is 5.56 Å². The Labute approximate surface area is 171 Å². The summed E-state index contributed by atoms with van der Waals surface area (Å²) in [4.78, 5) is 7.24. The molecule has 0 atom stereocenters. The third-order valence-corrected chi connectivity index (χ3v) is 6.03. The molecule has 1 aliphatic carbocycles. The van der Waals surface area contributed by atoms with Crippen LogP contribution in [0.5, 0.6) is 10.9 Å². The number of halogens is 3. The molecular weight excluding hydrogens is 397 g/mol. The van der Waals surface area contributed by atoms with E-state index in [1.165, 1.54) is 23.0 Å². The van der Waals surface area contributed by atoms with Gasteiger partial charge in [0, 0.05) is 29.7 Å². The zero-order chi connectivity index (χ0) is 20.3. The van der Waals surface area contributed by atoms with Crippen molar-refractivity contribution in [2.75, 3.05) is 6.54 Å². The largest absolute Gasteiger partial charge is 0.428 e. The molecule has 2 aliphatic rings. The second-order valence-corrected chi connectivity index (χ2v) is 8.22. The van der Waals surface area contributed by atoms with E-state index in [9.17, 15) is 13.2 Å². The van der Waals surface area contributed by atoms with Gasteiger partial charge in [-0.15, -0.1) is 0 Å². The summed E-state index contributed by atoms with van der Waals surface area (Å²) in [6.45, 7) is 0.990. The number of hydrogen-bond donors (Lipinski definition) is 0. The molecule has 0 spiro atoms. The summed E-state index contributed by atoms with van der Waals surface area (Å²) in [5.41, 5.74) is 0.645. The van der Waals surface area contributed by atoms with E-state index in [-0.39, 0.29) is 5.88 Å². The van der Waals surface area contributed by atoms with E-state index in [1.807, 2.05) is 12.1 Å². The number of aromatic nitrogens is 1. The Bertz CT molecular complexity index is 918. The molecule has 0 amide bonds. The van der Waals surface area contributed by atoms with Crippen molar-refractivity contribution in [1.82, 2.24) is 9.88 Å². The first-order valence-corrected chi connectivity index (χ1v) is 10.4.